The number of ether oxygens (including phenoxy) is 2. The topological polar surface area (TPSA) is 450 Å². The molecular formula is C67H70ClN9O19S3. The van der Waals surface area contributed by atoms with Crippen molar-refractivity contribution in [3.63, 3.8) is 0 Å². The molecule has 3 atom stereocenters. The molecule has 8 aromatic rings. The molecule has 32 heteroatoms. The number of hydrogen-bond acceptors (Lipinski definition) is 22. The van der Waals surface area contributed by atoms with Gasteiger partial charge in [0.25, 0.3) is 47.3 Å². The van der Waals surface area contributed by atoms with Gasteiger partial charge in [0.15, 0.2) is 0 Å². The highest BCUT2D eigenvalue weighted by molar-refractivity contribution is 7.17. The van der Waals surface area contributed by atoms with Crippen LogP contribution in [-0.4, -0.2) is 148 Å². The number of phenolic OH excluding ortho intramolecular Hbond substituents is 5. The highest BCUT2D eigenvalue weighted by Gasteiger charge is 2.29. The highest BCUT2D eigenvalue weighted by Crippen LogP contribution is 2.26. The molecule has 0 aliphatic rings. The Kier molecular flexibility index (Phi) is 29.9. The van der Waals surface area contributed by atoms with E-state index in [-0.39, 0.29) is 106 Å². The smallest absolute Gasteiger partial charge is 0.330 e. The summed E-state index contributed by atoms with van der Waals surface area (Å²) in [5.74, 6) is -6.79. The number of hydrogen-bond donors (Lipinski definition) is 15. The average Bonchev–Trinajstić information content (AvgIpc) is 1.72. The van der Waals surface area contributed by atoms with Gasteiger partial charge in [-0.15, -0.1) is 46.4 Å². The second-order valence-corrected chi connectivity index (χ2v) is 24.3. The lowest BCUT2D eigenvalue weighted by atomic mass is 10.2. The maximum Gasteiger partial charge on any atom is 0.330 e. The number of aliphatic carboxylic acids is 1. The fourth-order valence-electron chi connectivity index (χ4n) is 8.72. The average molecular weight is 1440 g/mol. The third kappa shape index (κ3) is 23.7. The van der Waals surface area contributed by atoms with Crippen LogP contribution in [0.2, 0.25) is 0 Å². The first kappa shape index (κ1) is 78.3. The second-order valence-electron chi connectivity index (χ2n) is 21.1. The van der Waals surface area contributed by atoms with Crippen molar-refractivity contribution in [1.82, 2.24) is 42.5 Å². The molecule has 99 heavy (non-hydrogen) atoms. The zero-order valence-corrected chi connectivity index (χ0v) is 56.7. The molecule has 0 saturated heterocycles. The highest BCUT2D eigenvalue weighted by atomic mass is 35.5. The third-order valence-corrected chi connectivity index (χ3v) is 17.4. The van der Waals surface area contributed by atoms with Crippen LogP contribution < -0.4 is 48.3 Å². The number of rotatable bonds is 25. The number of carbonyl (C=O) groups is 11. The molecule has 0 saturated carbocycles. The van der Waals surface area contributed by atoms with Crippen molar-refractivity contribution in [2.75, 3.05) is 33.9 Å². The van der Waals surface area contributed by atoms with Gasteiger partial charge in [0.1, 0.15) is 46.9 Å². The van der Waals surface area contributed by atoms with Crippen molar-refractivity contribution in [2.45, 2.75) is 58.5 Å². The minimum absolute atomic E-state index is 0. The zero-order valence-electron chi connectivity index (χ0n) is 53.5. The second kappa shape index (κ2) is 37.8. The standard InChI is InChI=1S/C25H25N3O7S.C24H23N3O7S.C18H21N3O5S.ClH/c1-14-9-20(23(32)26-12-15-5-3-7-17(29)10-15)36-21(14)24(33)28-19(25(34)35-2)13-27-22(31)16-6-4-8-18(30)11-16;1-13-8-19(22(31)25-11-14-4-2-6-16(28)9-14)35-20(13)23(32)27-18(24(33)34)12-26-21(30)15-5-3-7-17(29)10-15;1-10-6-14(16(23)20-9-11-4-3-5-12(22)7-11)27-15(10)17(24)21-13(8-19)18(25)26-2;/h3-11,19,29-30H,12-13H2,1-2H3,(H,26,32)(H,27,31)(H,28,33);2-10,18,28-29H,11-12H2,1H3,(H,25,31)(H,26,30)(H,27,32)(H,33,34);3-7,13,22H,8-9,19H2,1-2H3,(H,20,23)(H,21,24);1H/t19-;18-;13-;/m000./s1. The number of esters is 2. The number of carboxylic acids is 1. The van der Waals surface area contributed by atoms with Crippen molar-refractivity contribution in [2.24, 2.45) is 5.73 Å². The monoisotopic (exact) mass is 1440 g/mol. The van der Waals surface area contributed by atoms with Gasteiger partial charge in [0.05, 0.1) is 43.5 Å². The first-order valence-electron chi connectivity index (χ1n) is 29.3. The number of carbonyl (C=O) groups excluding carboxylic acids is 10. The lowest BCUT2D eigenvalue weighted by Gasteiger charge is -2.17. The predicted molar refractivity (Wildman–Crippen MR) is 368 cm³/mol. The zero-order chi connectivity index (χ0) is 71.8. The predicted octanol–water partition coefficient (Wildman–Crippen LogP) is 5.45. The van der Waals surface area contributed by atoms with Gasteiger partial charge < -0.3 is 88.4 Å². The minimum Gasteiger partial charge on any atom is -0.508 e. The molecule has 5 aromatic carbocycles. The van der Waals surface area contributed by atoms with Crippen LogP contribution in [-0.2, 0) is 43.5 Å². The quantitative estimate of drug-likeness (QED) is 0.0316. The Morgan fingerprint density at radius 2 is 0.687 bits per heavy atom. The third-order valence-electron chi connectivity index (χ3n) is 13.7. The fourth-order valence-corrected chi connectivity index (χ4v) is 11.7. The van der Waals surface area contributed by atoms with Crippen molar-refractivity contribution in [1.29, 1.82) is 0 Å². The number of amides is 8. The number of phenols is 5. The Bertz CT molecular complexity index is 4250. The Hall–Kier alpha value is -11.4. The summed E-state index contributed by atoms with van der Waals surface area (Å²) in [5, 5.41) is 77.5. The lowest BCUT2D eigenvalue weighted by Crippen LogP contribution is -2.48. The van der Waals surface area contributed by atoms with E-state index in [1.54, 1.807) is 81.4 Å². The molecule has 0 spiro atoms. The Morgan fingerprint density at radius 3 is 0.990 bits per heavy atom. The van der Waals surface area contributed by atoms with Crippen LogP contribution in [0, 0.1) is 20.8 Å². The van der Waals surface area contributed by atoms with Gasteiger partial charge in [0, 0.05) is 50.4 Å². The van der Waals surface area contributed by atoms with E-state index < -0.39 is 83.9 Å². The van der Waals surface area contributed by atoms with E-state index in [0.717, 1.165) is 46.7 Å². The van der Waals surface area contributed by atoms with E-state index in [2.05, 4.69) is 47.3 Å². The van der Waals surface area contributed by atoms with E-state index in [4.69, 9.17) is 10.5 Å². The number of methoxy groups -OCH3 is 2. The molecule has 0 bridgehead atoms. The van der Waals surface area contributed by atoms with E-state index in [1.165, 1.54) is 86.0 Å². The van der Waals surface area contributed by atoms with Crippen LogP contribution in [0.5, 0.6) is 28.7 Å². The number of aromatic hydroxyl groups is 5. The molecule has 0 aliphatic heterocycles. The summed E-state index contributed by atoms with van der Waals surface area (Å²) in [6, 6.07) is 31.8. The molecule has 0 fully saturated rings. The van der Waals surface area contributed by atoms with Gasteiger partial charge in [-0.05, 0) is 145 Å². The summed E-state index contributed by atoms with van der Waals surface area (Å²) >= 11 is 2.89. The SMILES string of the molecule is COC(=O)[C@H](CN)NC(=O)c1sc(C(=O)NCc2cccc(O)c2)cc1C.COC(=O)[C@H](CNC(=O)c1cccc(O)c1)NC(=O)c1sc(C(=O)NCc2cccc(O)c2)cc1C.Cc1cc(C(=O)NCc2cccc(O)c2)sc1C(=O)N[C@@H](CNC(=O)c1cccc(O)c1)C(=O)O.Cl. The van der Waals surface area contributed by atoms with Gasteiger partial charge in [-0.1, -0.05) is 48.5 Å². The molecule has 8 amide bonds. The number of aryl methyl sites for hydroxylation is 3. The number of nitrogens with one attached hydrogen (secondary N) is 8. The fraction of sp³-hybridized carbons (Fsp3) is 0.209. The number of halogens is 1. The van der Waals surface area contributed by atoms with Crippen LogP contribution in [0.15, 0.2) is 140 Å². The largest absolute Gasteiger partial charge is 0.508 e. The lowest BCUT2D eigenvalue weighted by molar-refractivity contribution is -0.143. The first-order valence-corrected chi connectivity index (χ1v) is 31.8. The van der Waals surface area contributed by atoms with Gasteiger partial charge in [0.2, 0.25) is 0 Å². The molecule has 0 radical (unpaired) electrons. The number of nitrogens with two attached hydrogens (primary N) is 1. The van der Waals surface area contributed by atoms with Crippen LogP contribution >= 0.6 is 46.4 Å². The van der Waals surface area contributed by atoms with Crippen LogP contribution in [0.3, 0.4) is 0 Å². The molecule has 0 unspecified atom stereocenters. The molecule has 3 aromatic heterocycles. The molecule has 0 aliphatic carbocycles. The molecule has 522 valence electrons. The van der Waals surface area contributed by atoms with Gasteiger partial charge in [-0.2, -0.15) is 0 Å². The van der Waals surface area contributed by atoms with Crippen LogP contribution in [0.1, 0.15) is 112 Å². The van der Waals surface area contributed by atoms with Gasteiger partial charge in [-0.25, -0.2) is 14.4 Å². The van der Waals surface area contributed by atoms with Gasteiger partial charge in [-0.3, -0.25) is 38.4 Å². The summed E-state index contributed by atoms with van der Waals surface area (Å²) in [6.45, 7) is 4.84. The molecule has 16 N–H and O–H groups in total. The van der Waals surface area contributed by atoms with Crippen molar-refractivity contribution in [3.05, 3.63) is 213 Å². The summed E-state index contributed by atoms with van der Waals surface area (Å²) in [4.78, 5) is 137. The summed E-state index contributed by atoms with van der Waals surface area (Å²) in [7, 11) is 2.37. The van der Waals surface area contributed by atoms with Crippen LogP contribution in [0.25, 0.3) is 0 Å². The molecular weight excluding hydrogens is 1370 g/mol. The molecule has 3 heterocycles. The Labute approximate surface area is 584 Å². The van der Waals surface area contributed by atoms with Crippen molar-refractivity contribution >= 4 is 112 Å². The van der Waals surface area contributed by atoms with Crippen molar-refractivity contribution < 1.29 is 92.9 Å². The normalized spacial score (nSPS) is 11.3. The Morgan fingerprint density at radius 1 is 0.394 bits per heavy atom. The maximum atomic E-state index is 12.9. The van der Waals surface area contributed by atoms with Gasteiger partial charge >= 0.3 is 17.9 Å². The number of thiophene rings is 3. The van der Waals surface area contributed by atoms with E-state index in [9.17, 15) is 83.4 Å². The summed E-state index contributed by atoms with van der Waals surface area (Å²) in [6.07, 6.45) is 0. The molecule has 8 rings (SSSR count). The van der Waals surface area contributed by atoms with Crippen LogP contribution in [0.4, 0.5) is 0 Å². The first-order chi connectivity index (χ1) is 46.7. The maximum absolute atomic E-state index is 12.9. The van der Waals surface area contributed by atoms with E-state index >= 15 is 0 Å². The van der Waals surface area contributed by atoms with E-state index in [1.807, 2.05) is 0 Å². The number of benzene rings is 5. The molecule has 28 nitrogen and oxygen atoms in total. The summed E-state index contributed by atoms with van der Waals surface area (Å²) in [5.41, 5.74) is 9.59. The summed E-state index contributed by atoms with van der Waals surface area (Å²) < 4.78 is 9.32. The Balaban J connectivity index is 0.000000270. The minimum atomic E-state index is -1.42. The van der Waals surface area contributed by atoms with E-state index in [0.29, 0.717) is 42.4 Å². The number of carboxylic acid groups (broad SMARTS) is 1. The van der Waals surface area contributed by atoms with Crippen molar-refractivity contribution in [3.8, 4) is 28.7 Å².